The lowest BCUT2D eigenvalue weighted by Crippen LogP contribution is -2.24. The molecule has 3 N–H and O–H groups in total. The Labute approximate surface area is 120 Å². The van der Waals surface area contributed by atoms with Crippen LogP contribution in [0.15, 0.2) is 12.1 Å². The van der Waals surface area contributed by atoms with Crippen molar-refractivity contribution in [3.05, 3.63) is 21.9 Å². The van der Waals surface area contributed by atoms with E-state index in [1.807, 2.05) is 11.3 Å². The van der Waals surface area contributed by atoms with Crippen molar-refractivity contribution in [3.8, 4) is 0 Å². The number of aryl methyl sites for hydroxylation is 2. The highest BCUT2D eigenvalue weighted by atomic mass is 35.5. The maximum absolute atomic E-state index is 11.5. The van der Waals surface area contributed by atoms with Gasteiger partial charge in [-0.25, -0.2) is 0 Å². The first kappa shape index (κ1) is 17.4. The fraction of sp³-hybridized carbons (Fsp3) is 0.615. The lowest BCUT2D eigenvalue weighted by molar-refractivity contribution is -0.121. The quantitative estimate of drug-likeness (QED) is 0.723. The molecule has 0 aromatic carbocycles. The lowest BCUT2D eigenvalue weighted by atomic mass is 10.2. The molecular weight excluding hydrogens is 268 g/mol. The van der Waals surface area contributed by atoms with Crippen LogP contribution in [0.5, 0.6) is 0 Å². The molecule has 1 aromatic rings. The van der Waals surface area contributed by atoms with Crippen LogP contribution < -0.4 is 11.1 Å². The minimum atomic E-state index is 0. The zero-order chi connectivity index (χ0) is 12.5. The Balaban J connectivity index is 0.00000289. The molecule has 3 nitrogen and oxygen atoms in total. The molecule has 0 unspecified atom stereocenters. The van der Waals surface area contributed by atoms with Crippen molar-refractivity contribution in [3.63, 3.8) is 0 Å². The van der Waals surface area contributed by atoms with E-state index in [1.54, 1.807) is 0 Å². The van der Waals surface area contributed by atoms with Gasteiger partial charge in [-0.3, -0.25) is 4.79 Å². The summed E-state index contributed by atoms with van der Waals surface area (Å²) in [6, 6.07) is 4.28. The summed E-state index contributed by atoms with van der Waals surface area (Å²) in [5.74, 6) is 0.162. The molecule has 1 amide bonds. The molecule has 0 aliphatic heterocycles. The largest absolute Gasteiger partial charge is 0.356 e. The summed E-state index contributed by atoms with van der Waals surface area (Å²) < 4.78 is 0. The average Bonchev–Trinajstić information content (AvgIpc) is 2.71. The predicted molar refractivity (Wildman–Crippen MR) is 80.5 cm³/mol. The SMILES string of the molecule is Cc1ccc(CCCC(=O)NCCCCN)s1.Cl. The van der Waals surface area contributed by atoms with E-state index in [2.05, 4.69) is 24.4 Å². The Hall–Kier alpha value is -0.580. The second-order valence-corrected chi connectivity index (χ2v) is 5.58. The standard InChI is InChI=1S/C13H22N2OS.ClH/c1-11-7-8-12(17-11)5-4-6-13(16)15-10-3-2-9-14;/h7-8H,2-6,9-10,14H2,1H3,(H,15,16);1H. The molecule has 0 saturated carbocycles. The third-order valence-corrected chi connectivity index (χ3v) is 3.64. The van der Waals surface area contributed by atoms with Crippen molar-refractivity contribution >= 4 is 29.7 Å². The van der Waals surface area contributed by atoms with Gasteiger partial charge < -0.3 is 11.1 Å². The maximum atomic E-state index is 11.5. The molecule has 1 aromatic heterocycles. The fourth-order valence-electron chi connectivity index (χ4n) is 1.63. The highest BCUT2D eigenvalue weighted by molar-refractivity contribution is 7.11. The molecular formula is C13H23ClN2OS. The Kier molecular flexibility index (Phi) is 10.0. The molecule has 0 bridgehead atoms. The third kappa shape index (κ3) is 7.69. The van der Waals surface area contributed by atoms with Gasteiger partial charge in [-0.05, 0) is 51.3 Å². The Bertz CT molecular complexity index is 341. The van der Waals surface area contributed by atoms with Crippen molar-refractivity contribution in [2.75, 3.05) is 13.1 Å². The molecule has 0 aliphatic carbocycles. The van der Waals surface area contributed by atoms with Crippen LogP contribution >= 0.6 is 23.7 Å². The van der Waals surface area contributed by atoms with Crippen LogP contribution in [0.1, 0.15) is 35.4 Å². The zero-order valence-corrected chi connectivity index (χ0v) is 12.5. The summed E-state index contributed by atoms with van der Waals surface area (Å²) in [5, 5.41) is 2.92. The van der Waals surface area contributed by atoms with Crippen molar-refractivity contribution in [1.29, 1.82) is 0 Å². The summed E-state index contributed by atoms with van der Waals surface area (Å²) in [4.78, 5) is 14.2. The molecule has 5 heteroatoms. The van der Waals surface area contributed by atoms with Crippen molar-refractivity contribution < 1.29 is 4.79 Å². The molecule has 0 saturated heterocycles. The molecule has 18 heavy (non-hydrogen) atoms. The second kappa shape index (κ2) is 10.4. The summed E-state index contributed by atoms with van der Waals surface area (Å²) in [6.45, 7) is 3.57. The minimum absolute atomic E-state index is 0. The average molecular weight is 291 g/mol. The highest BCUT2D eigenvalue weighted by Crippen LogP contribution is 2.17. The number of carbonyl (C=O) groups is 1. The first-order valence-electron chi connectivity index (χ1n) is 6.24. The van der Waals surface area contributed by atoms with Crippen LogP contribution in [0.2, 0.25) is 0 Å². The zero-order valence-electron chi connectivity index (χ0n) is 10.9. The third-order valence-electron chi connectivity index (χ3n) is 2.58. The van der Waals surface area contributed by atoms with Crippen molar-refractivity contribution in [1.82, 2.24) is 5.32 Å². The Morgan fingerprint density at radius 3 is 2.72 bits per heavy atom. The topological polar surface area (TPSA) is 55.1 Å². The second-order valence-electron chi connectivity index (χ2n) is 4.21. The van der Waals surface area contributed by atoms with Gasteiger partial charge in [0, 0.05) is 22.7 Å². The first-order chi connectivity index (χ1) is 8.22. The summed E-state index contributed by atoms with van der Waals surface area (Å²) in [5.41, 5.74) is 5.38. The van der Waals surface area contributed by atoms with Crippen LogP contribution in [0.3, 0.4) is 0 Å². The smallest absolute Gasteiger partial charge is 0.220 e. The minimum Gasteiger partial charge on any atom is -0.356 e. The monoisotopic (exact) mass is 290 g/mol. The van der Waals surface area contributed by atoms with Gasteiger partial charge in [0.25, 0.3) is 0 Å². The van der Waals surface area contributed by atoms with E-state index in [0.29, 0.717) is 13.0 Å². The van der Waals surface area contributed by atoms with E-state index in [-0.39, 0.29) is 18.3 Å². The molecule has 0 radical (unpaired) electrons. The number of halogens is 1. The van der Waals surface area contributed by atoms with E-state index in [9.17, 15) is 4.79 Å². The van der Waals surface area contributed by atoms with Gasteiger partial charge in [-0.1, -0.05) is 0 Å². The number of thiophene rings is 1. The lowest BCUT2D eigenvalue weighted by Gasteiger charge is -2.03. The fourth-order valence-corrected chi connectivity index (χ4v) is 2.56. The number of nitrogens with one attached hydrogen (secondary N) is 1. The van der Waals surface area contributed by atoms with Crippen molar-refractivity contribution in [2.45, 2.75) is 39.0 Å². The number of carbonyl (C=O) groups excluding carboxylic acids is 1. The van der Waals surface area contributed by atoms with Crippen LogP contribution in [0.4, 0.5) is 0 Å². The van der Waals surface area contributed by atoms with Crippen LogP contribution in [-0.2, 0) is 11.2 Å². The molecule has 0 atom stereocenters. The summed E-state index contributed by atoms with van der Waals surface area (Å²) in [6.07, 6.45) is 4.53. The number of nitrogens with two attached hydrogens (primary N) is 1. The molecule has 1 rings (SSSR count). The number of rotatable bonds is 8. The Morgan fingerprint density at radius 1 is 1.33 bits per heavy atom. The molecule has 1 heterocycles. The van der Waals surface area contributed by atoms with Gasteiger partial charge >= 0.3 is 0 Å². The van der Waals surface area contributed by atoms with E-state index < -0.39 is 0 Å². The number of hydrogen-bond donors (Lipinski definition) is 2. The van der Waals surface area contributed by atoms with Gasteiger partial charge in [-0.2, -0.15) is 0 Å². The number of amides is 1. The predicted octanol–water partition coefficient (Wildman–Crippen LogP) is 2.66. The van der Waals surface area contributed by atoms with E-state index >= 15 is 0 Å². The Morgan fingerprint density at radius 2 is 2.11 bits per heavy atom. The van der Waals surface area contributed by atoms with Gasteiger partial charge in [-0.15, -0.1) is 23.7 Å². The molecule has 0 spiro atoms. The number of hydrogen-bond acceptors (Lipinski definition) is 3. The van der Waals surface area contributed by atoms with Crippen LogP contribution in [0, 0.1) is 6.92 Å². The van der Waals surface area contributed by atoms with Crippen LogP contribution in [-0.4, -0.2) is 19.0 Å². The van der Waals surface area contributed by atoms with Gasteiger partial charge in [0.1, 0.15) is 0 Å². The normalized spacial score (nSPS) is 9.89. The van der Waals surface area contributed by atoms with E-state index in [0.717, 1.165) is 32.2 Å². The van der Waals surface area contributed by atoms with Crippen LogP contribution in [0.25, 0.3) is 0 Å². The number of unbranched alkanes of at least 4 members (excludes halogenated alkanes) is 1. The van der Waals surface area contributed by atoms with Crippen molar-refractivity contribution in [2.24, 2.45) is 5.73 Å². The molecule has 104 valence electrons. The summed E-state index contributed by atoms with van der Waals surface area (Å²) >= 11 is 1.82. The maximum Gasteiger partial charge on any atom is 0.220 e. The summed E-state index contributed by atoms with van der Waals surface area (Å²) in [7, 11) is 0. The van der Waals surface area contributed by atoms with E-state index in [4.69, 9.17) is 5.73 Å². The van der Waals surface area contributed by atoms with Gasteiger partial charge in [0.05, 0.1) is 0 Å². The molecule has 0 aliphatic rings. The van der Waals surface area contributed by atoms with Gasteiger partial charge in [0.15, 0.2) is 0 Å². The molecule has 0 fully saturated rings. The van der Waals surface area contributed by atoms with Gasteiger partial charge in [0.2, 0.25) is 5.91 Å². The highest BCUT2D eigenvalue weighted by Gasteiger charge is 2.02. The first-order valence-corrected chi connectivity index (χ1v) is 7.06. The van der Waals surface area contributed by atoms with E-state index in [1.165, 1.54) is 9.75 Å².